The first-order chi connectivity index (χ1) is 16.2. The van der Waals surface area contributed by atoms with Crippen LogP contribution in [-0.2, 0) is 7.05 Å². The van der Waals surface area contributed by atoms with Gasteiger partial charge in [0.1, 0.15) is 17.5 Å². The quantitative estimate of drug-likeness (QED) is 0.294. The Kier molecular flexibility index (Phi) is 5.42. The van der Waals surface area contributed by atoms with Gasteiger partial charge in [-0.25, -0.2) is 14.1 Å². The molecule has 0 N–H and O–H groups in total. The summed E-state index contributed by atoms with van der Waals surface area (Å²) in [6, 6.07) is 10.9. The van der Waals surface area contributed by atoms with E-state index in [4.69, 9.17) is 4.42 Å². The van der Waals surface area contributed by atoms with Gasteiger partial charge < -0.3 is 4.42 Å². The highest BCUT2D eigenvalue weighted by molar-refractivity contribution is 6.76. The molecule has 0 fully saturated rings. The van der Waals surface area contributed by atoms with Crippen LogP contribution in [0.25, 0.3) is 22.9 Å². The molecule has 0 bridgehead atoms. The number of furan rings is 1. The number of aryl methyl sites for hydroxylation is 2. The zero-order valence-electron chi connectivity index (χ0n) is 21.5. The number of anilines is 1. The second-order valence-electron chi connectivity index (χ2n) is 10.2. The molecular formula is C28H34BN4O+. The number of hydrogen-bond donors (Lipinski definition) is 0. The fourth-order valence-electron chi connectivity index (χ4n) is 5.32. The van der Waals surface area contributed by atoms with Crippen LogP contribution in [0, 0.1) is 6.92 Å². The Labute approximate surface area is 202 Å². The predicted octanol–water partition coefficient (Wildman–Crippen LogP) is 5.71. The van der Waals surface area contributed by atoms with E-state index in [9.17, 15) is 0 Å². The first-order valence-electron chi connectivity index (χ1n) is 12.3. The van der Waals surface area contributed by atoms with Gasteiger partial charge in [-0.05, 0) is 61.8 Å². The van der Waals surface area contributed by atoms with Crippen molar-refractivity contribution in [2.45, 2.75) is 60.2 Å². The predicted molar refractivity (Wildman–Crippen MR) is 141 cm³/mol. The molecule has 34 heavy (non-hydrogen) atoms. The lowest BCUT2D eigenvalue weighted by molar-refractivity contribution is -0.657. The molecule has 0 saturated heterocycles. The van der Waals surface area contributed by atoms with Crippen LogP contribution in [-0.4, -0.2) is 16.4 Å². The summed E-state index contributed by atoms with van der Waals surface area (Å²) in [7, 11) is 2.12. The number of fused-ring (bicyclic) bond motifs is 3. The molecule has 1 aliphatic heterocycles. The molecule has 1 aromatic carbocycles. The molecular weight excluding hydrogens is 419 g/mol. The molecule has 0 saturated carbocycles. The van der Waals surface area contributed by atoms with Gasteiger partial charge in [0.25, 0.3) is 0 Å². The lowest BCUT2D eigenvalue weighted by Gasteiger charge is -2.28. The molecule has 0 unspecified atom stereocenters. The first kappa shape index (κ1) is 22.5. The van der Waals surface area contributed by atoms with Gasteiger partial charge in [-0.15, -0.1) is 0 Å². The number of para-hydroxylation sites is 1. The highest BCUT2D eigenvalue weighted by atomic mass is 16.3. The highest BCUT2D eigenvalue weighted by Gasteiger charge is 2.42. The number of allylic oxidation sites excluding steroid dienone is 1. The van der Waals surface area contributed by atoms with Crippen LogP contribution in [0.15, 0.2) is 52.8 Å². The van der Waals surface area contributed by atoms with Crippen molar-refractivity contribution in [3.63, 3.8) is 0 Å². The minimum atomic E-state index is 0.0306. The molecule has 174 valence electrons. The zero-order chi connectivity index (χ0) is 24.3. The van der Waals surface area contributed by atoms with E-state index in [2.05, 4.69) is 116 Å². The van der Waals surface area contributed by atoms with Gasteiger partial charge in [-0.1, -0.05) is 45.9 Å². The van der Waals surface area contributed by atoms with Crippen molar-refractivity contribution < 1.29 is 8.98 Å². The molecule has 5 rings (SSSR count). The molecule has 3 aromatic heterocycles. The fraction of sp³-hybridized carbons (Fsp3) is 0.357. The third-order valence-electron chi connectivity index (χ3n) is 7.03. The number of imidazole rings is 1. The Morgan fingerprint density at radius 2 is 1.68 bits per heavy atom. The summed E-state index contributed by atoms with van der Waals surface area (Å²) in [5.74, 6) is 1.95. The number of pyridine rings is 1. The van der Waals surface area contributed by atoms with Crippen molar-refractivity contribution in [3.05, 3.63) is 70.8 Å². The molecule has 0 spiro atoms. The van der Waals surface area contributed by atoms with Crippen LogP contribution < -0.4 is 15.0 Å². The topological polar surface area (TPSA) is 38.1 Å². The van der Waals surface area contributed by atoms with Gasteiger partial charge >= 0.3 is 12.8 Å². The van der Waals surface area contributed by atoms with Crippen LogP contribution in [0.4, 0.5) is 5.95 Å². The van der Waals surface area contributed by atoms with Crippen molar-refractivity contribution in [1.82, 2.24) is 9.55 Å². The summed E-state index contributed by atoms with van der Waals surface area (Å²) in [6.45, 7) is 15.5. The normalized spacial score (nSPS) is 13.9. The number of benzene rings is 1. The largest absolute Gasteiger partial charge is 0.448 e. The van der Waals surface area contributed by atoms with E-state index >= 15 is 0 Å². The van der Waals surface area contributed by atoms with Gasteiger partial charge in [-0.2, -0.15) is 0 Å². The Bertz CT molecular complexity index is 1400. The number of nitrogens with zero attached hydrogens (tertiary/aromatic N) is 4. The maximum absolute atomic E-state index is 6.35. The molecule has 4 heterocycles. The fourth-order valence-corrected chi connectivity index (χ4v) is 5.32. The monoisotopic (exact) mass is 453 g/mol. The van der Waals surface area contributed by atoms with Crippen LogP contribution in [0.1, 0.15) is 68.8 Å². The lowest BCUT2D eigenvalue weighted by Crippen LogP contribution is -2.52. The Balaban J connectivity index is 1.72. The van der Waals surface area contributed by atoms with Crippen LogP contribution in [0.5, 0.6) is 0 Å². The average molecular weight is 453 g/mol. The van der Waals surface area contributed by atoms with Crippen molar-refractivity contribution in [3.8, 4) is 5.69 Å². The van der Waals surface area contributed by atoms with E-state index in [0.717, 1.165) is 34.0 Å². The summed E-state index contributed by atoms with van der Waals surface area (Å²) in [5.41, 5.74) is 8.99. The Hall–Kier alpha value is -3.28. The second-order valence-corrected chi connectivity index (χ2v) is 10.2. The molecule has 0 radical (unpaired) electrons. The van der Waals surface area contributed by atoms with Gasteiger partial charge in [0.15, 0.2) is 0 Å². The third-order valence-corrected chi connectivity index (χ3v) is 7.03. The van der Waals surface area contributed by atoms with Crippen molar-refractivity contribution in [1.29, 1.82) is 0 Å². The highest BCUT2D eigenvalue weighted by Crippen LogP contribution is 2.35. The third kappa shape index (κ3) is 3.39. The maximum atomic E-state index is 6.35. The molecule has 5 nitrogen and oxygen atoms in total. The Morgan fingerprint density at radius 3 is 2.32 bits per heavy atom. The van der Waals surface area contributed by atoms with Gasteiger partial charge in [0.05, 0.1) is 18.9 Å². The Morgan fingerprint density at radius 1 is 1.00 bits per heavy atom. The van der Waals surface area contributed by atoms with Gasteiger partial charge in [0.2, 0.25) is 5.71 Å². The molecule has 0 atom stereocenters. The molecule has 0 aliphatic carbocycles. The van der Waals surface area contributed by atoms with E-state index < -0.39 is 0 Å². The molecule has 1 aliphatic rings. The standard InChI is InChI=1S/C28H34BN4O/c1-17(2)21-10-9-11-22(18(3)4)25(21)32-15-14-31(8)28(32)33-20(6)16-24-23-13-12-19(5)30-27(23)34-26(24)29(33)7/h9-18H,1-8H3/q+1. The summed E-state index contributed by atoms with van der Waals surface area (Å²) < 4.78 is 10.9. The number of rotatable bonds is 4. The van der Waals surface area contributed by atoms with Crippen molar-refractivity contribution >= 4 is 35.6 Å². The van der Waals surface area contributed by atoms with Crippen molar-refractivity contribution in [2.24, 2.45) is 7.05 Å². The minimum absolute atomic E-state index is 0.0306. The maximum Gasteiger partial charge on any atom is 0.412 e. The zero-order valence-corrected chi connectivity index (χ0v) is 21.5. The van der Waals surface area contributed by atoms with Crippen LogP contribution in [0.3, 0.4) is 0 Å². The van der Waals surface area contributed by atoms with E-state index in [1.807, 2.05) is 6.92 Å². The van der Waals surface area contributed by atoms with E-state index in [1.165, 1.54) is 22.5 Å². The molecule has 6 heteroatoms. The lowest BCUT2D eigenvalue weighted by atomic mass is 9.57. The molecule has 0 amide bonds. The smallest absolute Gasteiger partial charge is 0.412 e. The second kappa shape index (κ2) is 8.19. The average Bonchev–Trinajstić information content (AvgIpc) is 3.33. The van der Waals surface area contributed by atoms with Gasteiger partial charge in [0, 0.05) is 16.6 Å². The summed E-state index contributed by atoms with van der Waals surface area (Å²) in [4.78, 5) is 7.04. The molecule has 4 aromatic rings. The van der Waals surface area contributed by atoms with E-state index in [-0.39, 0.29) is 6.85 Å². The van der Waals surface area contributed by atoms with Crippen LogP contribution in [0.2, 0.25) is 6.82 Å². The van der Waals surface area contributed by atoms with Crippen molar-refractivity contribution in [2.75, 3.05) is 4.81 Å². The summed E-state index contributed by atoms with van der Waals surface area (Å²) in [5, 5.41) is 1.08. The van der Waals surface area contributed by atoms with Crippen LogP contribution >= 0.6 is 0 Å². The SMILES string of the molecule is CB1c2oc3nc(C)ccc3c2C=C(C)N1c1n(-c2c(C(C)C)cccc2C(C)C)cc[n+]1C. The van der Waals surface area contributed by atoms with Gasteiger partial charge in [-0.3, -0.25) is 4.81 Å². The number of hydrogen-bond acceptors (Lipinski definition) is 3. The minimum Gasteiger partial charge on any atom is -0.448 e. The van der Waals surface area contributed by atoms with E-state index in [0.29, 0.717) is 11.8 Å². The first-order valence-corrected chi connectivity index (χ1v) is 12.3. The summed E-state index contributed by atoms with van der Waals surface area (Å²) >= 11 is 0. The summed E-state index contributed by atoms with van der Waals surface area (Å²) in [6.07, 6.45) is 6.59. The van der Waals surface area contributed by atoms with E-state index in [1.54, 1.807) is 0 Å². The number of aromatic nitrogens is 3.